The third-order valence-electron chi connectivity index (χ3n) is 2.23. The Kier molecular flexibility index (Phi) is 6.50. The third-order valence-corrected chi connectivity index (χ3v) is 3.35. The second-order valence-corrected chi connectivity index (χ2v) is 5.40. The molecular weight excluding hydrogens is 304 g/mol. The van der Waals surface area contributed by atoms with E-state index in [0.717, 1.165) is 24.5 Å². The van der Waals surface area contributed by atoms with Crippen LogP contribution in [-0.4, -0.2) is 36.5 Å². The Morgan fingerprint density at radius 3 is 2.94 bits per heavy atom. The molecule has 17 heavy (non-hydrogen) atoms. The van der Waals surface area contributed by atoms with Gasteiger partial charge in [-0.3, -0.25) is 0 Å². The number of hydrogen-bond acceptors (Lipinski definition) is 3. The van der Waals surface area contributed by atoms with Crippen LogP contribution in [-0.2, 0) is 6.54 Å². The number of nitrogens with zero attached hydrogens (tertiary/aromatic N) is 1. The molecule has 6 heteroatoms. The molecule has 1 aromatic heterocycles. The summed E-state index contributed by atoms with van der Waals surface area (Å²) in [6, 6.07) is 3.57. The van der Waals surface area contributed by atoms with E-state index in [0.29, 0.717) is 11.2 Å². The minimum absolute atomic E-state index is 0.0707. The number of urea groups is 1. The first-order chi connectivity index (χ1) is 8.13. The van der Waals surface area contributed by atoms with Crippen molar-refractivity contribution in [1.82, 2.24) is 10.2 Å². The van der Waals surface area contributed by atoms with E-state index in [-0.39, 0.29) is 6.03 Å². The molecule has 1 aromatic rings. The SMILES string of the molecule is CSCCCN(C)C(=O)NCc1ccc(Br)o1. The van der Waals surface area contributed by atoms with Crippen molar-refractivity contribution in [3.8, 4) is 0 Å². The Labute approximate surface area is 114 Å². The van der Waals surface area contributed by atoms with Gasteiger partial charge in [-0.1, -0.05) is 0 Å². The normalized spacial score (nSPS) is 10.3. The minimum Gasteiger partial charge on any atom is -0.452 e. The maximum atomic E-state index is 11.7. The van der Waals surface area contributed by atoms with E-state index in [4.69, 9.17) is 4.42 Å². The van der Waals surface area contributed by atoms with E-state index in [9.17, 15) is 4.79 Å². The maximum Gasteiger partial charge on any atom is 0.317 e. The summed E-state index contributed by atoms with van der Waals surface area (Å²) in [6.45, 7) is 1.19. The lowest BCUT2D eigenvalue weighted by Gasteiger charge is -2.17. The number of furan rings is 1. The smallest absolute Gasteiger partial charge is 0.317 e. The maximum absolute atomic E-state index is 11.7. The van der Waals surface area contributed by atoms with E-state index < -0.39 is 0 Å². The van der Waals surface area contributed by atoms with E-state index in [1.165, 1.54) is 0 Å². The monoisotopic (exact) mass is 320 g/mol. The molecule has 4 nitrogen and oxygen atoms in total. The molecule has 1 heterocycles. The van der Waals surface area contributed by atoms with Crippen LogP contribution in [0, 0.1) is 0 Å². The molecule has 0 aromatic carbocycles. The predicted molar refractivity (Wildman–Crippen MR) is 74.3 cm³/mol. The lowest BCUT2D eigenvalue weighted by Crippen LogP contribution is -2.37. The van der Waals surface area contributed by atoms with Gasteiger partial charge in [-0.25, -0.2) is 4.79 Å². The van der Waals surface area contributed by atoms with Crippen molar-refractivity contribution in [3.05, 3.63) is 22.6 Å². The van der Waals surface area contributed by atoms with Crippen molar-refractivity contribution in [2.75, 3.05) is 25.6 Å². The molecule has 1 rings (SSSR count). The lowest BCUT2D eigenvalue weighted by molar-refractivity contribution is 0.207. The van der Waals surface area contributed by atoms with Gasteiger partial charge in [0.05, 0.1) is 6.54 Å². The second-order valence-electron chi connectivity index (χ2n) is 3.63. The molecule has 0 spiro atoms. The summed E-state index contributed by atoms with van der Waals surface area (Å²) in [7, 11) is 1.80. The lowest BCUT2D eigenvalue weighted by atomic mass is 10.4. The molecule has 1 N–H and O–H groups in total. The summed E-state index contributed by atoms with van der Waals surface area (Å²) in [5.74, 6) is 1.81. The van der Waals surface area contributed by atoms with Gasteiger partial charge in [0.1, 0.15) is 5.76 Å². The fourth-order valence-corrected chi connectivity index (χ4v) is 2.05. The fourth-order valence-electron chi connectivity index (χ4n) is 1.29. The van der Waals surface area contributed by atoms with E-state index in [1.807, 2.05) is 12.1 Å². The molecule has 0 saturated heterocycles. The summed E-state index contributed by atoms with van der Waals surface area (Å²) in [4.78, 5) is 13.4. The number of hydrogen-bond donors (Lipinski definition) is 1. The number of halogens is 1. The number of nitrogens with one attached hydrogen (secondary N) is 1. The van der Waals surface area contributed by atoms with Crippen LogP contribution < -0.4 is 5.32 Å². The molecule has 0 aliphatic carbocycles. The van der Waals surface area contributed by atoms with Crippen LogP contribution in [0.15, 0.2) is 21.2 Å². The molecule has 0 saturated carbocycles. The van der Waals surface area contributed by atoms with Crippen molar-refractivity contribution in [2.45, 2.75) is 13.0 Å². The van der Waals surface area contributed by atoms with Crippen LogP contribution in [0.3, 0.4) is 0 Å². The quantitative estimate of drug-likeness (QED) is 0.820. The van der Waals surface area contributed by atoms with Crippen LogP contribution >= 0.6 is 27.7 Å². The van der Waals surface area contributed by atoms with Gasteiger partial charge in [0.2, 0.25) is 0 Å². The zero-order valence-corrected chi connectivity index (χ0v) is 12.4. The number of carbonyl (C=O) groups is 1. The van der Waals surface area contributed by atoms with E-state index >= 15 is 0 Å². The number of thioether (sulfide) groups is 1. The Balaban J connectivity index is 2.24. The van der Waals surface area contributed by atoms with Gasteiger partial charge in [-0.2, -0.15) is 11.8 Å². The van der Waals surface area contributed by atoms with Crippen molar-refractivity contribution < 1.29 is 9.21 Å². The van der Waals surface area contributed by atoms with Crippen LogP contribution in [0.1, 0.15) is 12.2 Å². The molecule has 0 aliphatic rings. The van der Waals surface area contributed by atoms with Crippen molar-refractivity contribution in [1.29, 1.82) is 0 Å². The van der Waals surface area contributed by atoms with Gasteiger partial charge in [0, 0.05) is 13.6 Å². The Bertz CT molecular complexity index is 357. The highest BCUT2D eigenvalue weighted by Gasteiger charge is 2.08. The molecule has 0 atom stereocenters. The van der Waals surface area contributed by atoms with Crippen molar-refractivity contribution in [3.63, 3.8) is 0 Å². The van der Waals surface area contributed by atoms with Crippen molar-refractivity contribution >= 4 is 33.7 Å². The number of rotatable bonds is 6. The molecular formula is C11H17BrN2O2S. The molecule has 0 radical (unpaired) electrons. The van der Waals surface area contributed by atoms with Gasteiger partial charge in [-0.05, 0) is 46.5 Å². The second kappa shape index (κ2) is 7.66. The van der Waals surface area contributed by atoms with Crippen molar-refractivity contribution in [2.24, 2.45) is 0 Å². The van der Waals surface area contributed by atoms with E-state index in [2.05, 4.69) is 27.5 Å². The topological polar surface area (TPSA) is 45.5 Å². The molecule has 0 fully saturated rings. The molecule has 0 unspecified atom stereocenters. The Morgan fingerprint density at radius 1 is 1.59 bits per heavy atom. The standard InChI is InChI=1S/C11H17BrN2O2S/c1-14(6-3-7-17-2)11(15)13-8-9-4-5-10(12)16-9/h4-5H,3,6-8H2,1-2H3,(H,13,15). The van der Waals surface area contributed by atoms with Gasteiger partial charge in [-0.15, -0.1) is 0 Å². The minimum atomic E-state index is -0.0707. The largest absolute Gasteiger partial charge is 0.452 e. The first-order valence-electron chi connectivity index (χ1n) is 5.35. The van der Waals surface area contributed by atoms with Gasteiger partial charge in [0.25, 0.3) is 0 Å². The van der Waals surface area contributed by atoms with Crippen LogP contribution in [0.2, 0.25) is 0 Å². The summed E-state index contributed by atoms with van der Waals surface area (Å²) >= 11 is 5.01. The van der Waals surface area contributed by atoms with Gasteiger partial charge >= 0.3 is 6.03 Å². The molecule has 2 amide bonds. The highest BCUT2D eigenvalue weighted by atomic mass is 79.9. The highest BCUT2D eigenvalue weighted by Crippen LogP contribution is 2.13. The predicted octanol–water partition coefficient (Wildman–Crippen LogP) is 2.94. The summed E-state index contributed by atoms with van der Waals surface area (Å²) < 4.78 is 5.97. The average Bonchev–Trinajstić information content (AvgIpc) is 2.72. The summed E-state index contributed by atoms with van der Waals surface area (Å²) in [5, 5.41) is 2.80. The highest BCUT2D eigenvalue weighted by molar-refractivity contribution is 9.10. The summed E-state index contributed by atoms with van der Waals surface area (Å²) in [5.41, 5.74) is 0. The number of amides is 2. The Morgan fingerprint density at radius 2 is 2.35 bits per heavy atom. The molecule has 0 aliphatic heterocycles. The first kappa shape index (κ1) is 14.4. The first-order valence-corrected chi connectivity index (χ1v) is 7.54. The third kappa shape index (κ3) is 5.50. The zero-order valence-electron chi connectivity index (χ0n) is 10.0. The van der Waals surface area contributed by atoms with E-state index in [1.54, 1.807) is 23.7 Å². The summed E-state index contributed by atoms with van der Waals surface area (Å²) in [6.07, 6.45) is 3.08. The Hall–Kier alpha value is -0.620. The number of carbonyl (C=O) groups excluding carboxylic acids is 1. The fraction of sp³-hybridized carbons (Fsp3) is 0.545. The van der Waals surface area contributed by atoms with Gasteiger partial charge < -0.3 is 14.6 Å². The van der Waals surface area contributed by atoms with Gasteiger partial charge in [0.15, 0.2) is 4.67 Å². The van der Waals surface area contributed by atoms with Crippen LogP contribution in [0.5, 0.6) is 0 Å². The average molecular weight is 321 g/mol. The molecule has 0 bridgehead atoms. The zero-order chi connectivity index (χ0) is 12.7. The van der Waals surface area contributed by atoms with Crippen LogP contribution in [0.25, 0.3) is 0 Å². The molecule has 96 valence electrons. The van der Waals surface area contributed by atoms with Crippen LogP contribution in [0.4, 0.5) is 4.79 Å².